The van der Waals surface area contributed by atoms with Gasteiger partial charge in [0.25, 0.3) is 11.8 Å². The molecule has 3 rings (SSSR count). The monoisotopic (exact) mass is 425 g/mol. The second-order valence-corrected chi connectivity index (χ2v) is 7.43. The fourth-order valence-corrected chi connectivity index (χ4v) is 2.91. The SMILES string of the molecule is CCNC(=O)c1ccc(N/C(CNCc2ccc(F)cc2)=C(\N)C(=O)NC2CC2)cc1. The molecule has 0 unspecified atom stereocenters. The van der Waals surface area contributed by atoms with Gasteiger partial charge in [0.1, 0.15) is 11.5 Å². The van der Waals surface area contributed by atoms with Gasteiger partial charge < -0.3 is 27.0 Å². The molecule has 0 heterocycles. The summed E-state index contributed by atoms with van der Waals surface area (Å²) in [5, 5.41) is 12.1. The molecular formula is C23H28FN5O2. The molecule has 2 aromatic carbocycles. The summed E-state index contributed by atoms with van der Waals surface area (Å²) in [5.41, 5.74) is 8.94. The van der Waals surface area contributed by atoms with Gasteiger partial charge in [0, 0.05) is 36.9 Å². The van der Waals surface area contributed by atoms with Crippen LogP contribution >= 0.6 is 0 Å². The van der Waals surface area contributed by atoms with Crippen molar-refractivity contribution in [2.24, 2.45) is 5.73 Å². The van der Waals surface area contributed by atoms with Crippen LogP contribution in [0.1, 0.15) is 35.7 Å². The summed E-state index contributed by atoms with van der Waals surface area (Å²) in [6.45, 7) is 3.20. The number of benzene rings is 2. The molecule has 0 aromatic heterocycles. The first-order valence-corrected chi connectivity index (χ1v) is 10.4. The van der Waals surface area contributed by atoms with Crippen LogP contribution in [0.25, 0.3) is 0 Å². The van der Waals surface area contributed by atoms with Crippen molar-refractivity contribution in [1.82, 2.24) is 16.0 Å². The number of anilines is 1. The molecule has 6 N–H and O–H groups in total. The first-order valence-electron chi connectivity index (χ1n) is 10.4. The minimum Gasteiger partial charge on any atom is -0.393 e. The second kappa shape index (κ2) is 10.6. The average Bonchev–Trinajstić information content (AvgIpc) is 3.58. The molecule has 7 nitrogen and oxygen atoms in total. The molecule has 31 heavy (non-hydrogen) atoms. The summed E-state index contributed by atoms with van der Waals surface area (Å²) >= 11 is 0. The minimum atomic E-state index is -0.312. The van der Waals surface area contributed by atoms with Crippen LogP contribution in [0.2, 0.25) is 0 Å². The fourth-order valence-electron chi connectivity index (χ4n) is 2.91. The Morgan fingerprint density at radius 3 is 2.35 bits per heavy atom. The number of amides is 2. The molecule has 1 aliphatic rings. The third kappa shape index (κ3) is 6.82. The summed E-state index contributed by atoms with van der Waals surface area (Å²) in [6, 6.07) is 13.3. The Hall–Kier alpha value is -3.39. The zero-order valence-corrected chi connectivity index (χ0v) is 17.5. The van der Waals surface area contributed by atoms with Crippen LogP contribution in [0.5, 0.6) is 0 Å². The van der Waals surface area contributed by atoms with Crippen LogP contribution in [0.4, 0.5) is 10.1 Å². The van der Waals surface area contributed by atoms with Gasteiger partial charge in [-0.2, -0.15) is 0 Å². The first kappa shape index (κ1) is 22.3. The van der Waals surface area contributed by atoms with E-state index in [1.807, 2.05) is 6.92 Å². The number of nitrogens with two attached hydrogens (primary N) is 1. The maximum Gasteiger partial charge on any atom is 0.269 e. The van der Waals surface area contributed by atoms with E-state index < -0.39 is 0 Å². The van der Waals surface area contributed by atoms with Crippen molar-refractivity contribution >= 4 is 17.5 Å². The van der Waals surface area contributed by atoms with Crippen LogP contribution in [-0.4, -0.2) is 30.9 Å². The van der Waals surface area contributed by atoms with E-state index in [2.05, 4.69) is 21.3 Å². The van der Waals surface area contributed by atoms with Gasteiger partial charge in [0.15, 0.2) is 0 Å². The van der Waals surface area contributed by atoms with Crippen LogP contribution in [0, 0.1) is 5.82 Å². The van der Waals surface area contributed by atoms with Crippen molar-refractivity contribution in [2.45, 2.75) is 32.4 Å². The minimum absolute atomic E-state index is 0.103. The zero-order valence-electron chi connectivity index (χ0n) is 17.5. The predicted molar refractivity (Wildman–Crippen MR) is 119 cm³/mol. The Kier molecular flexibility index (Phi) is 7.61. The number of rotatable bonds is 10. The molecule has 1 saturated carbocycles. The van der Waals surface area contributed by atoms with Gasteiger partial charge in [-0.3, -0.25) is 9.59 Å². The van der Waals surface area contributed by atoms with Gasteiger partial charge in [-0.25, -0.2) is 4.39 Å². The topological polar surface area (TPSA) is 108 Å². The first-order chi connectivity index (χ1) is 15.0. The molecular weight excluding hydrogens is 397 g/mol. The fraction of sp³-hybridized carbons (Fsp3) is 0.304. The van der Waals surface area contributed by atoms with E-state index in [0.717, 1.165) is 18.4 Å². The molecule has 0 atom stereocenters. The molecule has 0 aliphatic heterocycles. The number of nitrogens with one attached hydrogen (secondary N) is 4. The maximum atomic E-state index is 13.1. The average molecular weight is 426 g/mol. The molecule has 164 valence electrons. The van der Waals surface area contributed by atoms with Gasteiger partial charge in [0.2, 0.25) is 0 Å². The molecule has 1 aliphatic carbocycles. The van der Waals surface area contributed by atoms with Gasteiger partial charge in [-0.15, -0.1) is 0 Å². The molecule has 8 heteroatoms. The normalized spacial score (nSPS) is 13.9. The quantitative estimate of drug-likeness (QED) is 0.375. The summed E-state index contributed by atoms with van der Waals surface area (Å²) in [6.07, 6.45) is 1.93. The highest BCUT2D eigenvalue weighted by molar-refractivity contribution is 5.95. The van der Waals surface area contributed by atoms with Gasteiger partial charge in [0.05, 0.1) is 5.70 Å². The molecule has 2 aromatic rings. The number of halogens is 1. The lowest BCUT2D eigenvalue weighted by atomic mass is 10.1. The van der Waals surface area contributed by atoms with E-state index in [-0.39, 0.29) is 29.4 Å². The maximum absolute atomic E-state index is 13.1. The summed E-state index contributed by atoms with van der Waals surface area (Å²) < 4.78 is 13.1. The summed E-state index contributed by atoms with van der Waals surface area (Å²) in [5.74, 6) is -0.746. The smallest absolute Gasteiger partial charge is 0.269 e. The van der Waals surface area contributed by atoms with Crippen LogP contribution in [0.15, 0.2) is 59.9 Å². The third-order valence-electron chi connectivity index (χ3n) is 4.81. The highest BCUT2D eigenvalue weighted by atomic mass is 19.1. The molecule has 1 fully saturated rings. The highest BCUT2D eigenvalue weighted by Gasteiger charge is 2.25. The van der Waals surface area contributed by atoms with Crippen LogP contribution in [-0.2, 0) is 11.3 Å². The Labute approximate surface area is 181 Å². The van der Waals surface area contributed by atoms with Crippen molar-refractivity contribution in [3.05, 3.63) is 76.9 Å². The molecule has 2 amide bonds. The van der Waals surface area contributed by atoms with Crippen molar-refractivity contribution in [1.29, 1.82) is 0 Å². The Morgan fingerprint density at radius 1 is 1.06 bits per heavy atom. The van der Waals surface area contributed by atoms with E-state index in [0.29, 0.717) is 36.6 Å². The van der Waals surface area contributed by atoms with Gasteiger partial charge >= 0.3 is 0 Å². The van der Waals surface area contributed by atoms with Crippen molar-refractivity contribution in [3.8, 4) is 0 Å². The lowest BCUT2D eigenvalue weighted by molar-refractivity contribution is -0.117. The van der Waals surface area contributed by atoms with E-state index in [1.54, 1.807) is 36.4 Å². The number of carbonyl (C=O) groups excluding carboxylic acids is 2. The molecule has 0 spiro atoms. The van der Waals surface area contributed by atoms with E-state index in [1.165, 1.54) is 12.1 Å². The van der Waals surface area contributed by atoms with Crippen LogP contribution in [0.3, 0.4) is 0 Å². The standard InChI is InChI=1S/C23H28FN5O2/c1-2-27-22(30)16-5-9-18(10-6-16)28-20(21(25)23(31)29-19-11-12-19)14-26-13-15-3-7-17(24)8-4-15/h3-10,19,26,28H,2,11-14,25H2,1H3,(H,27,30)(H,29,31)/b21-20-. The van der Waals surface area contributed by atoms with Crippen molar-refractivity contribution < 1.29 is 14.0 Å². The largest absolute Gasteiger partial charge is 0.393 e. The third-order valence-corrected chi connectivity index (χ3v) is 4.81. The Morgan fingerprint density at radius 2 is 1.74 bits per heavy atom. The van der Waals surface area contributed by atoms with Gasteiger partial charge in [-0.05, 0) is 61.7 Å². The summed E-state index contributed by atoms with van der Waals surface area (Å²) in [4.78, 5) is 24.4. The van der Waals surface area contributed by atoms with E-state index >= 15 is 0 Å². The number of hydrogen-bond donors (Lipinski definition) is 5. The Balaban J connectivity index is 1.69. The van der Waals surface area contributed by atoms with E-state index in [4.69, 9.17) is 5.73 Å². The lowest BCUT2D eigenvalue weighted by Crippen LogP contribution is -2.34. The second-order valence-electron chi connectivity index (χ2n) is 7.43. The van der Waals surface area contributed by atoms with E-state index in [9.17, 15) is 14.0 Å². The van der Waals surface area contributed by atoms with Crippen molar-refractivity contribution in [3.63, 3.8) is 0 Å². The lowest BCUT2D eigenvalue weighted by Gasteiger charge is -2.16. The number of carbonyl (C=O) groups is 2. The Bertz CT molecular complexity index is 937. The number of hydrogen-bond acceptors (Lipinski definition) is 5. The highest BCUT2D eigenvalue weighted by Crippen LogP contribution is 2.19. The molecule has 0 bridgehead atoms. The zero-order chi connectivity index (χ0) is 22.2. The molecule has 0 saturated heterocycles. The van der Waals surface area contributed by atoms with Crippen molar-refractivity contribution in [2.75, 3.05) is 18.4 Å². The van der Waals surface area contributed by atoms with Gasteiger partial charge in [-0.1, -0.05) is 12.1 Å². The van der Waals surface area contributed by atoms with Crippen LogP contribution < -0.4 is 27.0 Å². The molecule has 0 radical (unpaired) electrons. The predicted octanol–water partition coefficient (Wildman–Crippen LogP) is 2.23. The summed E-state index contributed by atoms with van der Waals surface area (Å²) in [7, 11) is 0.